The van der Waals surface area contributed by atoms with Gasteiger partial charge in [0.05, 0.1) is 0 Å². The Balaban J connectivity index is 2.27. The van der Waals surface area contributed by atoms with Gasteiger partial charge in [-0.15, -0.1) is 0 Å². The number of rotatable bonds is 11. The maximum absolute atomic E-state index is 12.4. The normalized spacial score (nSPS) is 12.6. The number of carbonyl (C=O) groups is 1. The minimum absolute atomic E-state index is 0.00694. The van der Waals surface area contributed by atoms with E-state index in [1.165, 1.54) is 0 Å². The van der Waals surface area contributed by atoms with Crippen LogP contribution in [0.1, 0.15) is 52.7 Å². The average molecular weight is 319 g/mol. The second-order valence-corrected chi connectivity index (χ2v) is 6.84. The van der Waals surface area contributed by atoms with Crippen molar-refractivity contribution in [3.05, 3.63) is 30.1 Å². The Kier molecular flexibility index (Phi) is 9.53. The number of nitrogens with zero attached hydrogens (tertiary/aromatic N) is 1. The fraction of sp³-hybridized carbons (Fsp3) is 0.684. The third kappa shape index (κ3) is 8.70. The van der Waals surface area contributed by atoms with Gasteiger partial charge in [0, 0.05) is 36.8 Å². The van der Waals surface area contributed by atoms with Crippen LogP contribution in [-0.2, 0) is 11.2 Å². The average Bonchev–Trinajstić information content (AvgIpc) is 2.52. The first kappa shape index (κ1) is 19.6. The molecule has 130 valence electrons. The van der Waals surface area contributed by atoms with Crippen molar-refractivity contribution in [2.24, 2.45) is 11.8 Å². The SMILES string of the molecule is CC(C)NCCCCCNC(=O)C(Cc1ccccn1)C(C)C. The van der Waals surface area contributed by atoms with Gasteiger partial charge < -0.3 is 10.6 Å². The molecule has 0 saturated heterocycles. The fourth-order valence-corrected chi connectivity index (χ4v) is 2.54. The Morgan fingerprint density at radius 3 is 2.43 bits per heavy atom. The van der Waals surface area contributed by atoms with Crippen LogP contribution in [-0.4, -0.2) is 30.0 Å². The summed E-state index contributed by atoms with van der Waals surface area (Å²) in [7, 11) is 0. The molecule has 4 heteroatoms. The van der Waals surface area contributed by atoms with E-state index < -0.39 is 0 Å². The summed E-state index contributed by atoms with van der Waals surface area (Å²) in [5, 5.41) is 6.51. The molecule has 0 spiro atoms. The van der Waals surface area contributed by atoms with E-state index in [2.05, 4.69) is 43.3 Å². The van der Waals surface area contributed by atoms with E-state index in [1.54, 1.807) is 6.20 Å². The second kappa shape index (κ2) is 11.2. The third-order valence-electron chi connectivity index (χ3n) is 4.00. The van der Waals surface area contributed by atoms with Crippen LogP contribution in [0.15, 0.2) is 24.4 Å². The van der Waals surface area contributed by atoms with E-state index in [-0.39, 0.29) is 11.8 Å². The van der Waals surface area contributed by atoms with Gasteiger partial charge in [-0.05, 0) is 37.4 Å². The summed E-state index contributed by atoms with van der Waals surface area (Å²) in [6.07, 6.45) is 5.85. The van der Waals surface area contributed by atoms with Gasteiger partial charge in [-0.1, -0.05) is 40.2 Å². The Bertz CT molecular complexity index is 432. The Morgan fingerprint density at radius 1 is 1.09 bits per heavy atom. The van der Waals surface area contributed by atoms with Gasteiger partial charge in [-0.3, -0.25) is 9.78 Å². The summed E-state index contributed by atoms with van der Waals surface area (Å²) < 4.78 is 0. The third-order valence-corrected chi connectivity index (χ3v) is 4.00. The molecule has 1 rings (SSSR count). The smallest absolute Gasteiger partial charge is 0.223 e. The topological polar surface area (TPSA) is 54.0 Å². The molecule has 1 heterocycles. The zero-order valence-corrected chi connectivity index (χ0v) is 15.1. The van der Waals surface area contributed by atoms with Crippen LogP contribution in [0.4, 0.5) is 0 Å². The Labute approximate surface area is 141 Å². The van der Waals surface area contributed by atoms with E-state index in [1.807, 2.05) is 18.2 Å². The molecule has 0 aliphatic heterocycles. The molecule has 0 aliphatic carbocycles. The van der Waals surface area contributed by atoms with E-state index >= 15 is 0 Å². The quantitative estimate of drug-likeness (QED) is 0.616. The zero-order valence-electron chi connectivity index (χ0n) is 15.1. The van der Waals surface area contributed by atoms with Crippen LogP contribution in [0.25, 0.3) is 0 Å². The molecule has 2 N–H and O–H groups in total. The second-order valence-electron chi connectivity index (χ2n) is 6.84. The molecule has 1 aromatic heterocycles. The monoisotopic (exact) mass is 319 g/mol. The lowest BCUT2D eigenvalue weighted by atomic mass is 9.90. The standard InChI is InChI=1S/C19H33N3O/c1-15(2)18(14-17-10-6-9-12-21-17)19(23)22-13-8-5-7-11-20-16(3)4/h6,9-10,12,15-16,18,20H,5,7-8,11,13-14H2,1-4H3,(H,22,23). The first-order chi connectivity index (χ1) is 11.0. The summed E-state index contributed by atoms with van der Waals surface area (Å²) in [4.78, 5) is 16.8. The molecule has 0 saturated carbocycles. The molecule has 1 atom stereocenters. The number of nitrogens with one attached hydrogen (secondary N) is 2. The van der Waals surface area contributed by atoms with Crippen molar-refractivity contribution >= 4 is 5.91 Å². The van der Waals surface area contributed by atoms with Gasteiger partial charge in [0.25, 0.3) is 0 Å². The maximum atomic E-state index is 12.4. The molecule has 0 aliphatic rings. The summed E-state index contributed by atoms with van der Waals surface area (Å²) >= 11 is 0. The van der Waals surface area contributed by atoms with E-state index in [0.717, 1.165) is 38.0 Å². The molecule has 0 radical (unpaired) electrons. The number of pyridine rings is 1. The molecule has 23 heavy (non-hydrogen) atoms. The van der Waals surface area contributed by atoms with Gasteiger partial charge in [0.15, 0.2) is 0 Å². The van der Waals surface area contributed by atoms with Crippen molar-refractivity contribution < 1.29 is 4.79 Å². The molecular formula is C19H33N3O. The zero-order chi connectivity index (χ0) is 17.1. The van der Waals surface area contributed by atoms with E-state index in [9.17, 15) is 4.79 Å². The van der Waals surface area contributed by atoms with Gasteiger partial charge >= 0.3 is 0 Å². The van der Waals surface area contributed by atoms with Crippen LogP contribution in [0.5, 0.6) is 0 Å². The summed E-state index contributed by atoms with van der Waals surface area (Å²) in [6.45, 7) is 10.4. The summed E-state index contributed by atoms with van der Waals surface area (Å²) in [5.74, 6) is 0.464. The fourth-order valence-electron chi connectivity index (χ4n) is 2.54. The number of aromatic nitrogens is 1. The first-order valence-electron chi connectivity index (χ1n) is 8.91. The summed E-state index contributed by atoms with van der Waals surface area (Å²) in [6, 6.07) is 6.42. The van der Waals surface area contributed by atoms with Gasteiger partial charge in [0.1, 0.15) is 0 Å². The molecule has 1 amide bonds. The van der Waals surface area contributed by atoms with Crippen molar-refractivity contribution in [3.63, 3.8) is 0 Å². The summed E-state index contributed by atoms with van der Waals surface area (Å²) in [5.41, 5.74) is 0.987. The molecule has 0 bridgehead atoms. The lowest BCUT2D eigenvalue weighted by molar-refractivity contribution is -0.126. The largest absolute Gasteiger partial charge is 0.356 e. The van der Waals surface area contributed by atoms with Crippen molar-refractivity contribution in [2.75, 3.05) is 13.1 Å². The van der Waals surface area contributed by atoms with Crippen LogP contribution in [0, 0.1) is 11.8 Å². The predicted octanol–water partition coefficient (Wildman–Crippen LogP) is 3.18. The van der Waals surface area contributed by atoms with Crippen molar-refractivity contribution in [1.82, 2.24) is 15.6 Å². The maximum Gasteiger partial charge on any atom is 0.223 e. The minimum Gasteiger partial charge on any atom is -0.356 e. The highest BCUT2D eigenvalue weighted by atomic mass is 16.1. The highest BCUT2D eigenvalue weighted by Gasteiger charge is 2.22. The van der Waals surface area contributed by atoms with E-state index in [0.29, 0.717) is 18.4 Å². The number of hydrogen-bond donors (Lipinski definition) is 2. The number of hydrogen-bond acceptors (Lipinski definition) is 3. The number of unbranched alkanes of at least 4 members (excludes halogenated alkanes) is 2. The molecule has 4 nitrogen and oxygen atoms in total. The lowest BCUT2D eigenvalue weighted by Crippen LogP contribution is -2.35. The van der Waals surface area contributed by atoms with Crippen LogP contribution in [0.2, 0.25) is 0 Å². The molecule has 1 unspecified atom stereocenters. The van der Waals surface area contributed by atoms with Gasteiger partial charge in [0.2, 0.25) is 5.91 Å². The van der Waals surface area contributed by atoms with Crippen LogP contribution >= 0.6 is 0 Å². The van der Waals surface area contributed by atoms with Crippen molar-refractivity contribution in [3.8, 4) is 0 Å². The predicted molar refractivity (Wildman–Crippen MR) is 96.3 cm³/mol. The van der Waals surface area contributed by atoms with Gasteiger partial charge in [-0.2, -0.15) is 0 Å². The minimum atomic E-state index is -0.00694. The Hall–Kier alpha value is -1.42. The van der Waals surface area contributed by atoms with Crippen molar-refractivity contribution in [2.45, 2.75) is 59.4 Å². The number of carbonyl (C=O) groups excluding carboxylic acids is 1. The Morgan fingerprint density at radius 2 is 1.83 bits per heavy atom. The molecule has 0 aromatic carbocycles. The highest BCUT2D eigenvalue weighted by Crippen LogP contribution is 2.16. The first-order valence-corrected chi connectivity index (χ1v) is 8.91. The molecule has 1 aromatic rings. The van der Waals surface area contributed by atoms with Crippen LogP contribution < -0.4 is 10.6 Å². The lowest BCUT2D eigenvalue weighted by Gasteiger charge is -2.20. The van der Waals surface area contributed by atoms with E-state index in [4.69, 9.17) is 0 Å². The van der Waals surface area contributed by atoms with Gasteiger partial charge in [-0.25, -0.2) is 0 Å². The number of amides is 1. The molecular weight excluding hydrogens is 286 g/mol. The highest BCUT2D eigenvalue weighted by molar-refractivity contribution is 5.79. The molecule has 0 fully saturated rings. The van der Waals surface area contributed by atoms with Crippen LogP contribution in [0.3, 0.4) is 0 Å². The van der Waals surface area contributed by atoms with Crippen molar-refractivity contribution in [1.29, 1.82) is 0 Å².